The maximum atomic E-state index is 5.86. The van der Waals surface area contributed by atoms with Gasteiger partial charge < -0.3 is 10.7 Å². The van der Waals surface area contributed by atoms with Gasteiger partial charge in [0.2, 0.25) is 0 Å². The number of rotatable bonds is 3. The molecule has 1 saturated carbocycles. The normalized spacial score (nSPS) is 17.2. The molecule has 0 unspecified atom stereocenters. The number of nitrogens with two attached hydrogens (primary N) is 1. The van der Waals surface area contributed by atoms with Gasteiger partial charge in [0.05, 0.1) is 11.9 Å². The molecule has 1 heterocycles. The smallest absolute Gasteiger partial charge is 0.114 e. The molecular weight excluding hydrogens is 246 g/mol. The van der Waals surface area contributed by atoms with Crippen LogP contribution in [-0.4, -0.2) is 16.5 Å². The van der Waals surface area contributed by atoms with Crippen LogP contribution < -0.4 is 5.73 Å². The van der Waals surface area contributed by atoms with E-state index in [1.165, 1.54) is 11.1 Å². The zero-order valence-corrected chi connectivity index (χ0v) is 12.5. The minimum absolute atomic E-state index is 0.129. The molecule has 3 nitrogen and oxygen atoms in total. The van der Waals surface area contributed by atoms with Gasteiger partial charge in [-0.05, 0) is 29.4 Å². The molecule has 1 aliphatic carbocycles. The van der Waals surface area contributed by atoms with Crippen molar-refractivity contribution in [3.05, 3.63) is 41.9 Å². The third kappa shape index (κ3) is 2.27. The van der Waals surface area contributed by atoms with E-state index in [-0.39, 0.29) is 10.8 Å². The number of benzene rings is 1. The molecular formula is C17H23N3. The van der Waals surface area contributed by atoms with Gasteiger partial charge in [0.25, 0.3) is 0 Å². The van der Waals surface area contributed by atoms with E-state index in [1.54, 1.807) is 0 Å². The lowest BCUT2D eigenvalue weighted by Gasteiger charge is -2.19. The van der Waals surface area contributed by atoms with E-state index < -0.39 is 0 Å². The lowest BCUT2D eigenvalue weighted by atomic mass is 9.86. The van der Waals surface area contributed by atoms with Crippen molar-refractivity contribution in [2.75, 3.05) is 6.54 Å². The summed E-state index contributed by atoms with van der Waals surface area (Å²) >= 11 is 0. The molecule has 2 aromatic rings. The first-order chi connectivity index (χ1) is 9.44. The van der Waals surface area contributed by atoms with Crippen LogP contribution in [0.15, 0.2) is 30.5 Å². The number of H-pyrrole nitrogens is 1. The molecule has 1 aromatic heterocycles. The third-order valence-electron chi connectivity index (χ3n) is 4.38. The van der Waals surface area contributed by atoms with Crippen LogP contribution in [0.3, 0.4) is 0 Å². The lowest BCUT2D eigenvalue weighted by molar-refractivity contribution is 0.590. The molecule has 0 amide bonds. The molecule has 3 N–H and O–H groups in total. The van der Waals surface area contributed by atoms with Gasteiger partial charge in [-0.2, -0.15) is 0 Å². The zero-order chi connectivity index (χ0) is 14.4. The summed E-state index contributed by atoms with van der Waals surface area (Å²) in [6.45, 7) is 7.38. The molecule has 0 atom stereocenters. The number of nitrogens with zero attached hydrogens (tertiary/aromatic N) is 1. The zero-order valence-electron chi connectivity index (χ0n) is 12.5. The summed E-state index contributed by atoms with van der Waals surface area (Å²) in [5, 5.41) is 0. The van der Waals surface area contributed by atoms with Crippen LogP contribution in [0.25, 0.3) is 11.3 Å². The topological polar surface area (TPSA) is 54.7 Å². The standard InChI is InChI=1S/C17H23N3/c1-16(2,3)13-6-4-12(5-7-13)14-10-19-15(20-14)17(11-18)8-9-17/h4-7,10H,8-9,11,18H2,1-3H3,(H,19,20). The number of hydrogen-bond donors (Lipinski definition) is 2. The summed E-state index contributed by atoms with van der Waals surface area (Å²) in [7, 11) is 0. The highest BCUT2D eigenvalue weighted by atomic mass is 15.0. The van der Waals surface area contributed by atoms with Crippen LogP contribution in [0.4, 0.5) is 0 Å². The molecule has 0 saturated heterocycles. The van der Waals surface area contributed by atoms with Gasteiger partial charge in [0.1, 0.15) is 5.82 Å². The quantitative estimate of drug-likeness (QED) is 0.897. The van der Waals surface area contributed by atoms with Gasteiger partial charge in [-0.3, -0.25) is 0 Å². The van der Waals surface area contributed by atoms with Crippen molar-refractivity contribution in [3.63, 3.8) is 0 Å². The van der Waals surface area contributed by atoms with Gasteiger partial charge in [-0.25, -0.2) is 4.98 Å². The fourth-order valence-electron chi connectivity index (χ4n) is 2.58. The molecule has 0 bridgehead atoms. The minimum atomic E-state index is 0.129. The molecule has 1 aliphatic rings. The number of imidazole rings is 1. The van der Waals surface area contributed by atoms with Gasteiger partial charge in [0, 0.05) is 12.0 Å². The monoisotopic (exact) mass is 269 g/mol. The fraction of sp³-hybridized carbons (Fsp3) is 0.471. The molecule has 0 radical (unpaired) electrons. The van der Waals surface area contributed by atoms with E-state index in [1.807, 2.05) is 6.20 Å². The van der Waals surface area contributed by atoms with Crippen LogP contribution >= 0.6 is 0 Å². The van der Waals surface area contributed by atoms with E-state index in [0.717, 1.165) is 24.4 Å². The van der Waals surface area contributed by atoms with Crippen molar-refractivity contribution in [2.45, 2.75) is 44.4 Å². The highest BCUT2D eigenvalue weighted by Gasteiger charge is 2.45. The SMILES string of the molecule is CC(C)(C)c1ccc(-c2cnc(C3(CN)CC3)[nH]2)cc1. The molecule has 0 spiro atoms. The van der Waals surface area contributed by atoms with Crippen LogP contribution in [0.2, 0.25) is 0 Å². The first kappa shape index (κ1) is 13.4. The van der Waals surface area contributed by atoms with Crippen LogP contribution in [-0.2, 0) is 10.8 Å². The Morgan fingerprint density at radius 3 is 2.35 bits per heavy atom. The van der Waals surface area contributed by atoms with Crippen LogP contribution in [0, 0.1) is 0 Å². The van der Waals surface area contributed by atoms with Gasteiger partial charge >= 0.3 is 0 Å². The number of nitrogens with one attached hydrogen (secondary N) is 1. The van der Waals surface area contributed by atoms with Gasteiger partial charge in [-0.1, -0.05) is 45.0 Å². The maximum Gasteiger partial charge on any atom is 0.114 e. The van der Waals surface area contributed by atoms with Crippen molar-refractivity contribution in [1.82, 2.24) is 9.97 Å². The Hall–Kier alpha value is -1.61. The molecule has 106 valence electrons. The highest BCUT2D eigenvalue weighted by molar-refractivity contribution is 5.59. The second-order valence-corrected chi connectivity index (χ2v) is 6.96. The third-order valence-corrected chi connectivity index (χ3v) is 4.38. The summed E-state index contributed by atoms with van der Waals surface area (Å²) < 4.78 is 0. The minimum Gasteiger partial charge on any atom is -0.342 e. The van der Waals surface area contributed by atoms with Crippen molar-refractivity contribution in [2.24, 2.45) is 5.73 Å². The van der Waals surface area contributed by atoms with E-state index in [4.69, 9.17) is 5.73 Å². The number of aromatic nitrogens is 2. The summed E-state index contributed by atoms with van der Waals surface area (Å²) in [6.07, 6.45) is 4.23. The Balaban J connectivity index is 1.87. The van der Waals surface area contributed by atoms with Crippen molar-refractivity contribution in [1.29, 1.82) is 0 Å². The molecule has 1 fully saturated rings. The van der Waals surface area contributed by atoms with Gasteiger partial charge in [0.15, 0.2) is 0 Å². The van der Waals surface area contributed by atoms with Crippen LogP contribution in [0.5, 0.6) is 0 Å². The Labute approximate surface area is 120 Å². The summed E-state index contributed by atoms with van der Waals surface area (Å²) in [5.41, 5.74) is 9.79. The largest absolute Gasteiger partial charge is 0.342 e. The van der Waals surface area contributed by atoms with E-state index in [9.17, 15) is 0 Å². The lowest BCUT2D eigenvalue weighted by Crippen LogP contribution is -2.21. The molecule has 1 aromatic carbocycles. The van der Waals surface area contributed by atoms with E-state index >= 15 is 0 Å². The highest BCUT2D eigenvalue weighted by Crippen LogP contribution is 2.46. The fourth-order valence-corrected chi connectivity index (χ4v) is 2.58. The Morgan fingerprint density at radius 1 is 1.20 bits per heavy atom. The number of hydrogen-bond acceptors (Lipinski definition) is 2. The van der Waals surface area contributed by atoms with E-state index in [2.05, 4.69) is 55.0 Å². The predicted molar refractivity (Wildman–Crippen MR) is 82.7 cm³/mol. The number of aromatic amines is 1. The van der Waals surface area contributed by atoms with Crippen molar-refractivity contribution < 1.29 is 0 Å². The molecule has 3 rings (SSSR count). The van der Waals surface area contributed by atoms with Crippen LogP contribution in [0.1, 0.15) is 45.0 Å². The Kier molecular flexibility index (Phi) is 2.98. The summed E-state index contributed by atoms with van der Waals surface area (Å²) in [6, 6.07) is 8.73. The van der Waals surface area contributed by atoms with Gasteiger partial charge in [-0.15, -0.1) is 0 Å². The maximum absolute atomic E-state index is 5.86. The average Bonchev–Trinajstić information content (AvgIpc) is 3.07. The molecule has 0 aliphatic heterocycles. The first-order valence-electron chi connectivity index (χ1n) is 7.31. The summed E-state index contributed by atoms with van der Waals surface area (Å²) in [5.74, 6) is 1.05. The van der Waals surface area contributed by atoms with Crippen molar-refractivity contribution >= 4 is 0 Å². The second kappa shape index (κ2) is 4.45. The van der Waals surface area contributed by atoms with E-state index in [0.29, 0.717) is 6.54 Å². The Bertz CT molecular complexity index is 598. The van der Waals surface area contributed by atoms with Crippen molar-refractivity contribution in [3.8, 4) is 11.3 Å². The predicted octanol–water partition coefficient (Wildman–Crippen LogP) is 3.36. The Morgan fingerprint density at radius 2 is 1.85 bits per heavy atom. The summed E-state index contributed by atoms with van der Waals surface area (Å²) in [4.78, 5) is 7.98. The average molecular weight is 269 g/mol. The molecule has 20 heavy (non-hydrogen) atoms. The first-order valence-corrected chi connectivity index (χ1v) is 7.31. The second-order valence-electron chi connectivity index (χ2n) is 6.96. The molecule has 3 heteroatoms.